The predicted octanol–water partition coefficient (Wildman–Crippen LogP) is 2.58. The van der Waals surface area contributed by atoms with Gasteiger partial charge in [0.2, 0.25) is 0 Å². The van der Waals surface area contributed by atoms with Crippen molar-refractivity contribution in [2.75, 3.05) is 6.61 Å². The van der Waals surface area contributed by atoms with Crippen LogP contribution < -0.4 is 10.6 Å². The van der Waals surface area contributed by atoms with E-state index >= 15 is 0 Å². The van der Waals surface area contributed by atoms with Crippen molar-refractivity contribution in [1.29, 1.82) is 0 Å². The van der Waals surface area contributed by atoms with Crippen LogP contribution in [0.5, 0.6) is 0 Å². The van der Waals surface area contributed by atoms with E-state index in [1.54, 1.807) is 6.92 Å². The summed E-state index contributed by atoms with van der Waals surface area (Å²) in [5.41, 5.74) is 3.21. The van der Waals surface area contributed by atoms with Crippen LogP contribution in [0.4, 0.5) is 4.79 Å². The molecule has 0 radical (unpaired) electrons. The van der Waals surface area contributed by atoms with Crippen molar-refractivity contribution in [2.24, 2.45) is 0 Å². The number of rotatable bonds is 8. The molecule has 0 fully saturated rings. The van der Waals surface area contributed by atoms with Gasteiger partial charge >= 0.3 is 6.03 Å². The van der Waals surface area contributed by atoms with Gasteiger partial charge in [0.05, 0.1) is 25.9 Å². The van der Waals surface area contributed by atoms with E-state index < -0.39 is 0 Å². The first kappa shape index (κ1) is 18.0. The standard InChI is InChI=1S/C19H24N2O3/c1-15(12-22)21-19(23)20-11-17-8-5-9-18(10-17)14-24-13-16-6-3-2-4-7-16/h2-10,15,22H,11-14H2,1H3,(H2,20,21,23). The van der Waals surface area contributed by atoms with Gasteiger partial charge in [-0.3, -0.25) is 0 Å². The van der Waals surface area contributed by atoms with Crippen LogP contribution in [-0.2, 0) is 24.5 Å². The summed E-state index contributed by atoms with van der Waals surface area (Å²) >= 11 is 0. The number of ether oxygens (including phenoxy) is 1. The predicted molar refractivity (Wildman–Crippen MR) is 93.3 cm³/mol. The number of hydrogen-bond donors (Lipinski definition) is 3. The molecule has 2 amide bonds. The van der Waals surface area contributed by atoms with Crippen LogP contribution in [0.2, 0.25) is 0 Å². The molecule has 0 heterocycles. The van der Waals surface area contributed by atoms with Gasteiger partial charge in [-0.05, 0) is 23.6 Å². The lowest BCUT2D eigenvalue weighted by atomic mass is 10.1. The minimum atomic E-state index is -0.290. The summed E-state index contributed by atoms with van der Waals surface area (Å²) in [6, 6.07) is 17.4. The molecule has 0 aliphatic carbocycles. The smallest absolute Gasteiger partial charge is 0.315 e. The first-order valence-corrected chi connectivity index (χ1v) is 8.02. The van der Waals surface area contributed by atoms with Gasteiger partial charge in [-0.2, -0.15) is 0 Å². The number of carbonyl (C=O) groups is 1. The Hall–Kier alpha value is -2.37. The van der Waals surface area contributed by atoms with Crippen molar-refractivity contribution in [3.63, 3.8) is 0 Å². The van der Waals surface area contributed by atoms with Crippen LogP contribution in [0.3, 0.4) is 0 Å². The zero-order valence-electron chi connectivity index (χ0n) is 13.9. The molecule has 0 saturated heterocycles. The maximum atomic E-state index is 11.6. The largest absolute Gasteiger partial charge is 0.394 e. The fraction of sp³-hybridized carbons (Fsp3) is 0.316. The summed E-state index contributed by atoms with van der Waals surface area (Å²) in [5.74, 6) is 0. The molecule has 3 N–H and O–H groups in total. The average Bonchev–Trinajstić information content (AvgIpc) is 2.61. The molecule has 1 atom stereocenters. The molecular formula is C19H24N2O3. The molecule has 0 saturated carbocycles. The Labute approximate surface area is 142 Å². The highest BCUT2D eigenvalue weighted by Gasteiger charge is 2.05. The number of aliphatic hydroxyl groups is 1. The molecule has 0 bridgehead atoms. The number of nitrogens with one attached hydrogen (secondary N) is 2. The Morgan fingerprint density at radius 3 is 2.46 bits per heavy atom. The maximum Gasteiger partial charge on any atom is 0.315 e. The topological polar surface area (TPSA) is 70.6 Å². The summed E-state index contributed by atoms with van der Waals surface area (Å²) < 4.78 is 5.73. The van der Waals surface area contributed by atoms with E-state index in [0.29, 0.717) is 19.8 Å². The van der Waals surface area contributed by atoms with Gasteiger partial charge in [0.15, 0.2) is 0 Å². The SMILES string of the molecule is CC(CO)NC(=O)NCc1cccc(COCc2ccccc2)c1. The lowest BCUT2D eigenvalue weighted by molar-refractivity contribution is 0.107. The molecule has 128 valence electrons. The molecular weight excluding hydrogens is 304 g/mol. The van der Waals surface area contributed by atoms with Crippen LogP contribution in [0.1, 0.15) is 23.6 Å². The molecule has 2 aromatic rings. The zero-order chi connectivity index (χ0) is 17.2. The second-order valence-electron chi connectivity index (χ2n) is 5.71. The lowest BCUT2D eigenvalue weighted by Crippen LogP contribution is -2.41. The van der Waals surface area contributed by atoms with E-state index in [2.05, 4.69) is 10.6 Å². The Balaban J connectivity index is 1.77. The third-order valence-corrected chi connectivity index (χ3v) is 3.48. The van der Waals surface area contributed by atoms with Crippen LogP contribution in [0, 0.1) is 0 Å². The van der Waals surface area contributed by atoms with E-state index in [-0.39, 0.29) is 18.7 Å². The maximum absolute atomic E-state index is 11.6. The second kappa shape index (κ2) is 9.70. The third kappa shape index (κ3) is 6.40. The number of urea groups is 1. The molecule has 0 spiro atoms. The molecule has 2 aromatic carbocycles. The summed E-state index contributed by atoms with van der Waals surface area (Å²) in [7, 11) is 0. The first-order valence-electron chi connectivity index (χ1n) is 8.02. The van der Waals surface area contributed by atoms with Crippen molar-refractivity contribution >= 4 is 6.03 Å². The van der Waals surface area contributed by atoms with Crippen molar-refractivity contribution in [3.8, 4) is 0 Å². The van der Waals surface area contributed by atoms with E-state index in [1.165, 1.54) is 0 Å². The molecule has 2 rings (SSSR count). The minimum Gasteiger partial charge on any atom is -0.394 e. The molecule has 5 heteroatoms. The van der Waals surface area contributed by atoms with Gasteiger partial charge in [0.25, 0.3) is 0 Å². The summed E-state index contributed by atoms with van der Waals surface area (Å²) in [5, 5.41) is 14.3. The van der Waals surface area contributed by atoms with Crippen molar-refractivity contribution < 1.29 is 14.6 Å². The van der Waals surface area contributed by atoms with Crippen molar-refractivity contribution in [1.82, 2.24) is 10.6 Å². The van der Waals surface area contributed by atoms with Gasteiger partial charge in [0, 0.05) is 6.54 Å². The Morgan fingerprint density at radius 1 is 1.04 bits per heavy atom. The van der Waals surface area contributed by atoms with Gasteiger partial charge in [-0.1, -0.05) is 54.6 Å². The minimum absolute atomic E-state index is 0.0817. The number of hydrogen-bond acceptors (Lipinski definition) is 3. The quantitative estimate of drug-likeness (QED) is 0.697. The molecule has 24 heavy (non-hydrogen) atoms. The number of benzene rings is 2. The third-order valence-electron chi connectivity index (χ3n) is 3.48. The van der Waals surface area contributed by atoms with Crippen LogP contribution in [-0.4, -0.2) is 23.8 Å². The normalized spacial score (nSPS) is 11.8. The monoisotopic (exact) mass is 328 g/mol. The Kier molecular flexibility index (Phi) is 7.26. The Morgan fingerprint density at radius 2 is 1.71 bits per heavy atom. The average molecular weight is 328 g/mol. The summed E-state index contributed by atoms with van der Waals surface area (Å²) in [6.45, 7) is 3.18. The highest BCUT2D eigenvalue weighted by molar-refractivity contribution is 5.74. The molecule has 0 aromatic heterocycles. The van der Waals surface area contributed by atoms with Crippen LogP contribution in [0.15, 0.2) is 54.6 Å². The first-order chi connectivity index (χ1) is 11.7. The highest BCUT2D eigenvalue weighted by atomic mass is 16.5. The number of amides is 2. The fourth-order valence-corrected chi connectivity index (χ4v) is 2.19. The highest BCUT2D eigenvalue weighted by Crippen LogP contribution is 2.09. The van der Waals surface area contributed by atoms with Crippen LogP contribution >= 0.6 is 0 Å². The summed E-state index contributed by atoms with van der Waals surface area (Å²) in [6.07, 6.45) is 0. The molecule has 5 nitrogen and oxygen atoms in total. The van der Waals surface area contributed by atoms with Crippen LogP contribution in [0.25, 0.3) is 0 Å². The van der Waals surface area contributed by atoms with Gasteiger partial charge in [-0.25, -0.2) is 4.79 Å². The van der Waals surface area contributed by atoms with Crippen molar-refractivity contribution in [2.45, 2.75) is 32.7 Å². The number of aliphatic hydroxyl groups excluding tert-OH is 1. The molecule has 0 aliphatic rings. The summed E-state index contributed by atoms with van der Waals surface area (Å²) in [4.78, 5) is 11.6. The van der Waals surface area contributed by atoms with Gasteiger partial charge < -0.3 is 20.5 Å². The number of carbonyl (C=O) groups excluding carboxylic acids is 1. The Bertz CT molecular complexity index is 632. The second-order valence-corrected chi connectivity index (χ2v) is 5.71. The van der Waals surface area contributed by atoms with Gasteiger partial charge in [0.1, 0.15) is 0 Å². The van der Waals surface area contributed by atoms with E-state index in [9.17, 15) is 4.79 Å². The zero-order valence-corrected chi connectivity index (χ0v) is 13.9. The molecule has 1 unspecified atom stereocenters. The fourth-order valence-electron chi connectivity index (χ4n) is 2.19. The molecule has 0 aliphatic heterocycles. The van der Waals surface area contributed by atoms with Gasteiger partial charge in [-0.15, -0.1) is 0 Å². The van der Waals surface area contributed by atoms with E-state index in [0.717, 1.165) is 16.7 Å². The van der Waals surface area contributed by atoms with Crippen molar-refractivity contribution in [3.05, 3.63) is 71.3 Å². The lowest BCUT2D eigenvalue weighted by Gasteiger charge is -2.12. The van der Waals surface area contributed by atoms with E-state index in [4.69, 9.17) is 9.84 Å². The van der Waals surface area contributed by atoms with E-state index in [1.807, 2.05) is 54.6 Å².